The maximum absolute atomic E-state index is 11.9. The Morgan fingerprint density at radius 3 is 2.36 bits per heavy atom. The van der Waals surface area contributed by atoms with Crippen molar-refractivity contribution in [1.82, 2.24) is 5.32 Å². The maximum Gasteiger partial charge on any atom is 0.328 e. The van der Waals surface area contributed by atoms with Crippen molar-refractivity contribution < 1.29 is 47.7 Å². The molecule has 0 heterocycles. The van der Waals surface area contributed by atoms with Crippen LogP contribution >= 0.6 is 0 Å². The number of carbonyl (C=O) groups is 2. The van der Waals surface area contributed by atoms with Crippen LogP contribution in [0.5, 0.6) is 5.75 Å². The van der Waals surface area contributed by atoms with Crippen molar-refractivity contribution in [2.24, 2.45) is 5.73 Å². The van der Waals surface area contributed by atoms with Crippen molar-refractivity contribution in [2.45, 2.75) is 18.9 Å². The van der Waals surface area contributed by atoms with Crippen molar-refractivity contribution >= 4 is 22.0 Å². The number of esters is 1. The molecule has 1 rings (SSSR count). The van der Waals surface area contributed by atoms with Gasteiger partial charge in [-0.3, -0.25) is 14.7 Å². The fraction of sp³-hybridized carbons (Fsp3) is 0.333. The summed E-state index contributed by atoms with van der Waals surface area (Å²) in [5.41, 5.74) is 4.99. The molecular formula is C12H16N2O6PdS. The normalized spacial score (nSPS) is 12.0. The van der Waals surface area contributed by atoms with E-state index in [0.29, 0.717) is 0 Å². The Hall–Kier alpha value is -1.31. The van der Waals surface area contributed by atoms with Crippen LogP contribution in [0.15, 0.2) is 30.3 Å². The van der Waals surface area contributed by atoms with Gasteiger partial charge in [-0.15, -0.1) is 0 Å². The third kappa shape index (κ3) is 8.86. The second-order valence-electron chi connectivity index (χ2n) is 4.22. The molecule has 4 N–H and O–H groups in total. The molecule has 1 aromatic rings. The second-order valence-corrected chi connectivity index (χ2v) is 5.67. The molecule has 8 nitrogen and oxygen atoms in total. The maximum atomic E-state index is 11.9. The molecule has 0 spiro atoms. The Kier molecular flexibility index (Phi) is 9.08. The van der Waals surface area contributed by atoms with Crippen molar-refractivity contribution in [2.75, 3.05) is 5.88 Å². The Bertz CT molecular complexity index is 593. The zero-order valence-electron chi connectivity index (χ0n) is 11.4. The van der Waals surface area contributed by atoms with Crippen LogP contribution in [0.2, 0.25) is 0 Å². The van der Waals surface area contributed by atoms with Gasteiger partial charge in [0.1, 0.15) is 17.7 Å². The fourth-order valence-electron chi connectivity index (χ4n) is 1.47. The average Bonchev–Trinajstić information content (AvgIpc) is 2.38. The van der Waals surface area contributed by atoms with E-state index in [2.05, 4.69) is 5.32 Å². The number of para-hydroxylation sites is 1. The third-order valence-corrected chi connectivity index (χ3v) is 2.97. The summed E-state index contributed by atoms with van der Waals surface area (Å²) in [5, 5.41) is 2.31. The van der Waals surface area contributed by atoms with E-state index in [1.165, 1.54) is 0 Å². The van der Waals surface area contributed by atoms with Crippen LogP contribution in [-0.2, 0) is 40.1 Å². The van der Waals surface area contributed by atoms with Crippen LogP contribution < -0.4 is 15.8 Å². The van der Waals surface area contributed by atoms with Gasteiger partial charge in [-0.25, -0.2) is 4.79 Å². The van der Waals surface area contributed by atoms with E-state index in [0.717, 1.165) is 0 Å². The van der Waals surface area contributed by atoms with E-state index in [1.54, 1.807) is 30.3 Å². The van der Waals surface area contributed by atoms with Gasteiger partial charge in [0.15, 0.2) is 0 Å². The molecule has 0 bridgehead atoms. The molecule has 0 saturated heterocycles. The molecule has 0 aliphatic carbocycles. The molecule has 0 fully saturated rings. The van der Waals surface area contributed by atoms with Crippen LogP contribution in [0.3, 0.4) is 0 Å². The Balaban J connectivity index is 0.00000441. The van der Waals surface area contributed by atoms with E-state index >= 15 is 0 Å². The van der Waals surface area contributed by atoms with Gasteiger partial charge < -0.3 is 10.5 Å². The second kappa shape index (κ2) is 9.66. The van der Waals surface area contributed by atoms with Crippen LogP contribution in [0, 0.1) is 0 Å². The van der Waals surface area contributed by atoms with Crippen LogP contribution in [0.4, 0.5) is 0 Å². The number of ether oxygens (including phenoxy) is 1. The summed E-state index contributed by atoms with van der Waals surface area (Å²) in [6, 6.07) is 7.06. The van der Waals surface area contributed by atoms with Gasteiger partial charge in [-0.1, -0.05) is 18.2 Å². The predicted molar refractivity (Wildman–Crippen MR) is 73.8 cm³/mol. The number of hydrogen-bond acceptors (Lipinski definition) is 6. The number of nitrogens with two attached hydrogens (primary N) is 1. The molecule has 0 radical (unpaired) electrons. The number of carbonyl (C=O) groups excluding carboxylic acids is 2. The van der Waals surface area contributed by atoms with E-state index in [1.807, 2.05) is 0 Å². The molecule has 0 aliphatic rings. The number of benzene rings is 1. The Morgan fingerprint density at radius 1 is 1.27 bits per heavy atom. The number of rotatable bonds is 8. The molecule has 1 atom stereocenters. The summed E-state index contributed by atoms with van der Waals surface area (Å²) in [4.78, 5) is 22.7. The molecule has 0 aliphatic heterocycles. The van der Waals surface area contributed by atoms with Gasteiger partial charge in [0, 0.05) is 26.8 Å². The quantitative estimate of drug-likeness (QED) is 0.226. The van der Waals surface area contributed by atoms with Gasteiger partial charge >= 0.3 is 5.97 Å². The molecule has 22 heavy (non-hydrogen) atoms. The Labute approximate surface area is 141 Å². The molecule has 0 unspecified atom stereocenters. The minimum absolute atomic E-state index is 0. The monoisotopic (exact) mass is 422 g/mol. The number of primary amides is 1. The van der Waals surface area contributed by atoms with Gasteiger partial charge in [0.05, 0.1) is 0 Å². The molecule has 0 aromatic heterocycles. The molecular weight excluding hydrogens is 407 g/mol. The summed E-state index contributed by atoms with van der Waals surface area (Å²) in [6.45, 7) is 0. The standard InChI is InChI=1S/C12H16N2O6S.Pd/c13-11(15)7-6-10(14-8-21(17,18)19)12(16)20-9-4-2-1-3-5-9;/h1-5,10,14H,6-8H2,(H2,13,15)(H,17,18,19);/t10-;/m0./s1. The van der Waals surface area contributed by atoms with Crippen molar-refractivity contribution in [3.63, 3.8) is 0 Å². The SMILES string of the molecule is NC(=O)CC[C@H](NCS(=O)(=O)O)C(=O)Oc1ccccc1.[Pd]. The van der Waals surface area contributed by atoms with E-state index in [4.69, 9.17) is 15.0 Å². The molecule has 1 aromatic carbocycles. The summed E-state index contributed by atoms with van der Waals surface area (Å²) < 4.78 is 35.1. The first-order valence-electron chi connectivity index (χ1n) is 6.01. The first-order valence-corrected chi connectivity index (χ1v) is 7.62. The molecule has 10 heteroatoms. The predicted octanol–water partition coefficient (Wildman–Crippen LogP) is -0.341. The minimum atomic E-state index is -4.30. The Morgan fingerprint density at radius 2 is 1.86 bits per heavy atom. The largest absolute Gasteiger partial charge is 0.425 e. The van der Waals surface area contributed by atoms with E-state index < -0.39 is 33.9 Å². The zero-order chi connectivity index (χ0) is 15.9. The van der Waals surface area contributed by atoms with Gasteiger partial charge in [0.2, 0.25) is 5.91 Å². The van der Waals surface area contributed by atoms with Gasteiger partial charge in [-0.2, -0.15) is 8.42 Å². The average molecular weight is 423 g/mol. The first kappa shape index (κ1) is 20.7. The topological polar surface area (TPSA) is 136 Å². The van der Waals surface area contributed by atoms with Gasteiger partial charge in [-0.05, 0) is 18.6 Å². The zero-order valence-corrected chi connectivity index (χ0v) is 13.7. The summed E-state index contributed by atoms with van der Waals surface area (Å²) >= 11 is 0. The number of nitrogens with one attached hydrogen (secondary N) is 1. The number of amides is 1. The van der Waals surface area contributed by atoms with Crippen molar-refractivity contribution in [1.29, 1.82) is 0 Å². The molecule has 126 valence electrons. The van der Waals surface area contributed by atoms with E-state index in [-0.39, 0.29) is 39.0 Å². The number of hydrogen-bond donors (Lipinski definition) is 3. The van der Waals surface area contributed by atoms with Crippen LogP contribution in [0.25, 0.3) is 0 Å². The molecule has 0 saturated carbocycles. The van der Waals surface area contributed by atoms with Gasteiger partial charge in [0.25, 0.3) is 10.1 Å². The summed E-state index contributed by atoms with van der Waals surface area (Å²) in [5.74, 6) is -1.96. The fourth-order valence-corrected chi connectivity index (χ4v) is 1.88. The first-order chi connectivity index (χ1) is 9.78. The summed E-state index contributed by atoms with van der Waals surface area (Å²) in [7, 11) is -4.30. The van der Waals surface area contributed by atoms with Crippen molar-refractivity contribution in [3.8, 4) is 5.75 Å². The van der Waals surface area contributed by atoms with E-state index in [9.17, 15) is 18.0 Å². The van der Waals surface area contributed by atoms with Crippen LogP contribution in [-0.4, -0.2) is 36.8 Å². The summed E-state index contributed by atoms with van der Waals surface area (Å²) in [6.07, 6.45) is -0.177. The third-order valence-electron chi connectivity index (χ3n) is 2.44. The molecule has 1 amide bonds. The smallest absolute Gasteiger partial charge is 0.328 e. The van der Waals surface area contributed by atoms with Crippen molar-refractivity contribution in [3.05, 3.63) is 30.3 Å². The minimum Gasteiger partial charge on any atom is -0.425 e. The van der Waals surface area contributed by atoms with Crippen LogP contribution in [0.1, 0.15) is 12.8 Å².